The first-order chi connectivity index (χ1) is 17.5. The molecular weight excluding hydrogens is 483 g/mol. The monoisotopic (exact) mass is 502 g/mol. The second-order valence-electron chi connectivity index (χ2n) is 8.60. The Morgan fingerprint density at radius 3 is 2.64 bits per heavy atom. The van der Waals surface area contributed by atoms with Crippen molar-refractivity contribution in [2.75, 3.05) is 31.1 Å². The lowest BCUT2D eigenvalue weighted by Gasteiger charge is -2.35. The number of nitrogens with one attached hydrogen (secondary N) is 1. The van der Waals surface area contributed by atoms with Gasteiger partial charge in [-0.2, -0.15) is 0 Å². The van der Waals surface area contributed by atoms with E-state index in [-0.39, 0.29) is 27.8 Å². The van der Waals surface area contributed by atoms with Gasteiger partial charge in [0.2, 0.25) is 0 Å². The lowest BCUT2D eigenvalue weighted by atomic mass is 9.96. The summed E-state index contributed by atoms with van der Waals surface area (Å²) >= 11 is 6.67. The number of benzene rings is 3. The fourth-order valence-corrected chi connectivity index (χ4v) is 5.08. The third kappa shape index (κ3) is 3.68. The Bertz CT molecular complexity index is 1620. The Labute approximate surface area is 210 Å². The molecule has 2 aromatic heterocycles. The van der Waals surface area contributed by atoms with E-state index >= 15 is 4.39 Å². The number of halogens is 2. The molecule has 180 valence electrons. The average molecular weight is 503 g/mol. The van der Waals surface area contributed by atoms with Crippen molar-refractivity contribution in [2.45, 2.75) is 0 Å². The van der Waals surface area contributed by atoms with Crippen molar-refractivity contribution < 1.29 is 14.3 Å². The van der Waals surface area contributed by atoms with Gasteiger partial charge in [0, 0.05) is 37.1 Å². The summed E-state index contributed by atoms with van der Waals surface area (Å²) in [6.45, 7) is 1.99. The number of carbonyl (C=O) groups is 1. The molecule has 0 radical (unpaired) electrons. The normalized spacial score (nSPS) is 14.1. The Morgan fingerprint density at radius 1 is 1.06 bits per heavy atom. The van der Waals surface area contributed by atoms with E-state index in [9.17, 15) is 9.90 Å². The number of nitrogens with zero attached hydrogens (tertiary/aromatic N) is 5. The van der Waals surface area contributed by atoms with Gasteiger partial charge in [-0.25, -0.2) is 19.3 Å². The van der Waals surface area contributed by atoms with Crippen molar-refractivity contribution in [1.29, 1.82) is 0 Å². The quantitative estimate of drug-likeness (QED) is 0.373. The van der Waals surface area contributed by atoms with Crippen LogP contribution in [0.15, 0.2) is 61.3 Å². The first-order valence-electron chi connectivity index (χ1n) is 11.4. The maximum absolute atomic E-state index is 16.0. The molecule has 1 fully saturated rings. The zero-order valence-corrected chi connectivity index (χ0v) is 19.7. The van der Waals surface area contributed by atoms with Gasteiger partial charge in [-0.05, 0) is 34.5 Å². The summed E-state index contributed by atoms with van der Waals surface area (Å²) in [7, 11) is 0. The third-order valence-electron chi connectivity index (χ3n) is 6.51. The van der Waals surface area contributed by atoms with E-state index in [0.29, 0.717) is 48.6 Å². The molecule has 1 saturated heterocycles. The number of fused-ring (bicyclic) bond motifs is 2. The molecule has 2 N–H and O–H groups in total. The second-order valence-corrected chi connectivity index (χ2v) is 9.01. The topological polar surface area (TPSA) is 98.2 Å². The van der Waals surface area contributed by atoms with Crippen LogP contribution in [0, 0.1) is 5.82 Å². The van der Waals surface area contributed by atoms with E-state index < -0.39 is 5.82 Å². The maximum atomic E-state index is 16.0. The number of imidazole rings is 1. The van der Waals surface area contributed by atoms with Gasteiger partial charge in [-0.3, -0.25) is 4.79 Å². The van der Waals surface area contributed by atoms with Crippen LogP contribution in [0.4, 0.5) is 10.2 Å². The lowest BCUT2D eigenvalue weighted by Crippen LogP contribution is -2.49. The van der Waals surface area contributed by atoms with Crippen molar-refractivity contribution in [3.05, 3.63) is 77.8 Å². The number of hydrogen-bond donors (Lipinski definition) is 2. The maximum Gasteiger partial charge on any atom is 0.272 e. The second kappa shape index (κ2) is 8.76. The Hall–Kier alpha value is -4.24. The van der Waals surface area contributed by atoms with Crippen LogP contribution in [0.25, 0.3) is 32.8 Å². The summed E-state index contributed by atoms with van der Waals surface area (Å²) < 4.78 is 16.0. The number of rotatable bonds is 3. The predicted octanol–water partition coefficient (Wildman–Crippen LogP) is 4.63. The van der Waals surface area contributed by atoms with Gasteiger partial charge in [0.1, 0.15) is 29.1 Å². The highest BCUT2D eigenvalue weighted by molar-refractivity contribution is 6.35. The summed E-state index contributed by atoms with van der Waals surface area (Å²) in [6.07, 6.45) is 4.31. The molecular formula is C26H20ClFN6O2. The van der Waals surface area contributed by atoms with Crippen LogP contribution in [-0.2, 0) is 0 Å². The number of hydrogen-bond acceptors (Lipinski definition) is 6. The standard InChI is InChI=1S/C26H20ClFN6O2/c27-20-11-19-24(23(28)22(20)18-10-16(35)9-15-3-1-2-4-17(15)18)31-14-32-25(19)33-5-7-34(8-6-33)26(36)21-12-29-13-30-21/h1-4,9-14,35H,5-8H2,(H,29,30). The molecule has 1 aliphatic heterocycles. The van der Waals surface area contributed by atoms with Gasteiger partial charge < -0.3 is 19.9 Å². The molecule has 0 bridgehead atoms. The van der Waals surface area contributed by atoms with Gasteiger partial charge in [0.05, 0.1) is 17.5 Å². The predicted molar refractivity (Wildman–Crippen MR) is 136 cm³/mol. The average Bonchev–Trinajstić information content (AvgIpc) is 3.43. The van der Waals surface area contributed by atoms with Crippen molar-refractivity contribution in [1.82, 2.24) is 24.8 Å². The van der Waals surface area contributed by atoms with Gasteiger partial charge >= 0.3 is 0 Å². The molecule has 6 rings (SSSR count). The Balaban J connectivity index is 1.38. The summed E-state index contributed by atoms with van der Waals surface area (Å²) in [4.78, 5) is 31.8. The first kappa shape index (κ1) is 22.2. The number of aromatic nitrogens is 4. The number of H-pyrrole nitrogens is 1. The molecule has 3 heterocycles. The molecule has 0 saturated carbocycles. The van der Waals surface area contributed by atoms with Crippen LogP contribution < -0.4 is 4.90 Å². The minimum Gasteiger partial charge on any atom is -0.508 e. The van der Waals surface area contributed by atoms with E-state index in [4.69, 9.17) is 11.6 Å². The molecule has 0 spiro atoms. The van der Waals surface area contributed by atoms with Crippen molar-refractivity contribution in [3.8, 4) is 16.9 Å². The summed E-state index contributed by atoms with van der Waals surface area (Å²) in [5, 5.41) is 12.5. The highest BCUT2D eigenvalue weighted by Crippen LogP contribution is 2.41. The third-order valence-corrected chi connectivity index (χ3v) is 6.81. The van der Waals surface area contributed by atoms with Gasteiger partial charge in [0.25, 0.3) is 5.91 Å². The van der Waals surface area contributed by atoms with Crippen LogP contribution in [0.5, 0.6) is 5.75 Å². The Morgan fingerprint density at radius 2 is 1.86 bits per heavy atom. The summed E-state index contributed by atoms with van der Waals surface area (Å²) in [5.41, 5.74) is 1.25. The molecule has 0 atom stereocenters. The molecule has 36 heavy (non-hydrogen) atoms. The van der Waals surface area contributed by atoms with E-state index in [1.165, 1.54) is 24.9 Å². The molecule has 0 aliphatic carbocycles. The van der Waals surface area contributed by atoms with Gasteiger partial charge in [-0.1, -0.05) is 35.9 Å². The van der Waals surface area contributed by atoms with Crippen molar-refractivity contribution in [3.63, 3.8) is 0 Å². The highest BCUT2D eigenvalue weighted by atomic mass is 35.5. The van der Waals surface area contributed by atoms with Crippen LogP contribution in [0.3, 0.4) is 0 Å². The number of aromatic amines is 1. The number of amides is 1. The lowest BCUT2D eigenvalue weighted by molar-refractivity contribution is 0.0741. The van der Waals surface area contributed by atoms with E-state index in [2.05, 4.69) is 19.9 Å². The number of phenolic OH excluding ortho intramolecular Hbond substituents is 1. The molecule has 5 aromatic rings. The van der Waals surface area contributed by atoms with Crippen LogP contribution in [-0.4, -0.2) is 62.0 Å². The fourth-order valence-electron chi connectivity index (χ4n) is 4.78. The molecule has 3 aromatic carbocycles. The van der Waals surface area contributed by atoms with Crippen LogP contribution in [0.2, 0.25) is 5.02 Å². The molecule has 1 amide bonds. The van der Waals surface area contributed by atoms with E-state index in [0.717, 1.165) is 10.8 Å². The van der Waals surface area contributed by atoms with E-state index in [1.54, 1.807) is 17.0 Å². The van der Waals surface area contributed by atoms with Crippen molar-refractivity contribution >= 4 is 45.0 Å². The van der Waals surface area contributed by atoms with Crippen molar-refractivity contribution in [2.24, 2.45) is 0 Å². The number of phenols is 1. The summed E-state index contributed by atoms with van der Waals surface area (Å²) in [6, 6.07) is 12.2. The van der Waals surface area contributed by atoms with Crippen LogP contribution >= 0.6 is 11.6 Å². The highest BCUT2D eigenvalue weighted by Gasteiger charge is 2.26. The molecule has 8 nitrogen and oxygen atoms in total. The number of anilines is 1. The minimum absolute atomic E-state index is 0.0187. The number of aromatic hydroxyl groups is 1. The SMILES string of the molecule is O=C(c1cnc[nH]1)N1CCN(c2ncnc3c(F)c(-c4cc(O)cc5ccccc45)c(Cl)cc23)CC1. The zero-order chi connectivity index (χ0) is 24.8. The molecule has 10 heteroatoms. The number of piperazine rings is 1. The summed E-state index contributed by atoms with van der Waals surface area (Å²) in [5.74, 6) is -0.117. The van der Waals surface area contributed by atoms with Crippen LogP contribution in [0.1, 0.15) is 10.5 Å². The van der Waals surface area contributed by atoms with Gasteiger partial charge in [0.15, 0.2) is 5.82 Å². The number of carbonyl (C=O) groups excluding carboxylic acids is 1. The van der Waals surface area contributed by atoms with Gasteiger partial charge in [-0.15, -0.1) is 0 Å². The smallest absolute Gasteiger partial charge is 0.272 e. The van der Waals surface area contributed by atoms with E-state index in [1.807, 2.05) is 29.2 Å². The Kier molecular flexibility index (Phi) is 5.41. The minimum atomic E-state index is -0.579. The first-order valence-corrected chi connectivity index (χ1v) is 11.8. The fraction of sp³-hybridized carbons (Fsp3) is 0.154. The zero-order valence-electron chi connectivity index (χ0n) is 18.9. The molecule has 0 unspecified atom stereocenters. The largest absolute Gasteiger partial charge is 0.508 e. The molecule has 1 aliphatic rings.